The molecule has 0 spiro atoms. The first-order valence-corrected chi connectivity index (χ1v) is 3.36. The van der Waals surface area contributed by atoms with Crippen LogP contribution in [0.25, 0.3) is 0 Å². The average molecular weight is 153 g/mol. The third-order valence-electron chi connectivity index (χ3n) is 1.06. The van der Waals surface area contributed by atoms with Crippen molar-refractivity contribution in [2.45, 2.75) is 13.3 Å². The van der Waals surface area contributed by atoms with Gasteiger partial charge in [0, 0.05) is 0 Å². The minimum Gasteiger partial charge on any atom is -0.461 e. The highest BCUT2D eigenvalue weighted by Gasteiger charge is 2.07. The molecular formula is C8H11NO2. The first kappa shape index (κ1) is 9.70. The summed E-state index contributed by atoms with van der Waals surface area (Å²) in [6.45, 7) is 5.28. The molecular weight excluding hydrogens is 142 g/mol. The molecule has 0 radical (unpaired) electrons. The van der Waals surface area contributed by atoms with Crippen LogP contribution in [0.1, 0.15) is 13.3 Å². The number of carbonyl (C=O) groups excluding carboxylic acids is 1. The van der Waals surface area contributed by atoms with E-state index in [-0.39, 0.29) is 24.9 Å². The molecule has 0 aromatic carbocycles. The van der Waals surface area contributed by atoms with Gasteiger partial charge in [-0.25, -0.2) is 0 Å². The van der Waals surface area contributed by atoms with Gasteiger partial charge in [0.25, 0.3) is 0 Å². The van der Waals surface area contributed by atoms with Gasteiger partial charge in [0.05, 0.1) is 18.4 Å². The van der Waals surface area contributed by atoms with Crippen LogP contribution in [0, 0.1) is 17.2 Å². The maximum absolute atomic E-state index is 10.8. The molecule has 0 aliphatic heterocycles. The Bertz CT molecular complexity index is 181. The molecule has 0 bridgehead atoms. The molecule has 0 aliphatic carbocycles. The maximum Gasteiger partial charge on any atom is 0.307 e. The van der Waals surface area contributed by atoms with E-state index in [0.29, 0.717) is 0 Å². The van der Waals surface area contributed by atoms with Gasteiger partial charge >= 0.3 is 5.97 Å². The van der Waals surface area contributed by atoms with Crippen molar-refractivity contribution in [1.29, 1.82) is 5.26 Å². The zero-order chi connectivity index (χ0) is 8.69. The minimum atomic E-state index is -0.348. The van der Waals surface area contributed by atoms with Gasteiger partial charge < -0.3 is 4.74 Å². The summed E-state index contributed by atoms with van der Waals surface area (Å²) in [5, 5.41) is 8.33. The van der Waals surface area contributed by atoms with E-state index in [0.717, 1.165) is 0 Å². The Hall–Kier alpha value is -1.30. The molecule has 3 nitrogen and oxygen atoms in total. The van der Waals surface area contributed by atoms with Crippen molar-refractivity contribution in [3.63, 3.8) is 0 Å². The Labute approximate surface area is 66.3 Å². The fourth-order valence-corrected chi connectivity index (χ4v) is 0.506. The van der Waals surface area contributed by atoms with Crippen LogP contribution in [-0.2, 0) is 9.53 Å². The van der Waals surface area contributed by atoms with Gasteiger partial charge in [-0.2, -0.15) is 5.26 Å². The summed E-state index contributed by atoms with van der Waals surface area (Å²) in [6.07, 6.45) is 1.65. The number of rotatable bonds is 4. The highest BCUT2D eigenvalue weighted by atomic mass is 16.5. The number of nitrogens with zero attached hydrogens (tertiary/aromatic N) is 1. The Morgan fingerprint density at radius 1 is 1.91 bits per heavy atom. The molecule has 0 aromatic heterocycles. The molecule has 0 heterocycles. The Morgan fingerprint density at radius 2 is 2.55 bits per heavy atom. The van der Waals surface area contributed by atoms with Crippen molar-refractivity contribution >= 4 is 5.97 Å². The zero-order valence-electron chi connectivity index (χ0n) is 6.54. The van der Waals surface area contributed by atoms with Crippen LogP contribution in [0.5, 0.6) is 0 Å². The SMILES string of the molecule is C=CCOC(=O)CC(C)C#N. The predicted octanol–water partition coefficient (Wildman–Crippen LogP) is 1.27. The number of esters is 1. The molecule has 0 aliphatic rings. The van der Waals surface area contributed by atoms with Gasteiger partial charge in [-0.05, 0) is 6.92 Å². The fraction of sp³-hybridized carbons (Fsp3) is 0.500. The first-order chi connectivity index (χ1) is 5.20. The molecule has 0 rings (SSSR count). The van der Waals surface area contributed by atoms with E-state index < -0.39 is 0 Å². The molecule has 0 aromatic rings. The van der Waals surface area contributed by atoms with Gasteiger partial charge in [-0.3, -0.25) is 4.79 Å². The summed E-state index contributed by atoms with van der Waals surface area (Å²) in [5.41, 5.74) is 0. The number of nitriles is 1. The lowest BCUT2D eigenvalue weighted by molar-refractivity contribution is -0.142. The van der Waals surface area contributed by atoms with E-state index in [9.17, 15) is 4.79 Å². The summed E-state index contributed by atoms with van der Waals surface area (Å²) < 4.78 is 4.66. The number of carbonyl (C=O) groups is 1. The van der Waals surface area contributed by atoms with Gasteiger partial charge in [0.15, 0.2) is 0 Å². The third-order valence-corrected chi connectivity index (χ3v) is 1.06. The van der Waals surface area contributed by atoms with Gasteiger partial charge in [0.1, 0.15) is 6.61 Å². The summed E-state index contributed by atoms with van der Waals surface area (Å²) in [6, 6.07) is 1.95. The molecule has 1 atom stereocenters. The molecule has 0 fully saturated rings. The summed E-state index contributed by atoms with van der Waals surface area (Å²) in [5.74, 6) is -0.619. The molecule has 0 saturated heterocycles. The normalized spacial score (nSPS) is 11.3. The van der Waals surface area contributed by atoms with Crippen molar-refractivity contribution in [3.8, 4) is 6.07 Å². The second-order valence-electron chi connectivity index (χ2n) is 2.21. The predicted molar refractivity (Wildman–Crippen MR) is 40.6 cm³/mol. The van der Waals surface area contributed by atoms with Crippen LogP contribution in [-0.4, -0.2) is 12.6 Å². The number of hydrogen-bond donors (Lipinski definition) is 0. The van der Waals surface area contributed by atoms with E-state index in [1.54, 1.807) is 6.92 Å². The lowest BCUT2D eigenvalue weighted by Gasteiger charge is -2.01. The number of ether oxygens (including phenoxy) is 1. The van der Waals surface area contributed by atoms with Gasteiger partial charge in [-0.15, -0.1) is 0 Å². The van der Waals surface area contributed by atoms with Gasteiger partial charge in [0.2, 0.25) is 0 Å². The molecule has 0 saturated carbocycles. The smallest absolute Gasteiger partial charge is 0.307 e. The highest BCUT2D eigenvalue weighted by molar-refractivity contribution is 5.70. The van der Waals surface area contributed by atoms with E-state index in [1.807, 2.05) is 6.07 Å². The Morgan fingerprint density at radius 3 is 3.00 bits per heavy atom. The van der Waals surface area contributed by atoms with Crippen LogP contribution < -0.4 is 0 Å². The molecule has 0 amide bonds. The Balaban J connectivity index is 3.53. The quantitative estimate of drug-likeness (QED) is 0.451. The summed E-state index contributed by atoms with van der Waals surface area (Å²) in [7, 11) is 0. The van der Waals surface area contributed by atoms with Crippen molar-refractivity contribution in [1.82, 2.24) is 0 Å². The highest BCUT2D eigenvalue weighted by Crippen LogP contribution is 2.00. The number of hydrogen-bond acceptors (Lipinski definition) is 3. The molecule has 1 unspecified atom stereocenters. The van der Waals surface area contributed by atoms with Gasteiger partial charge in [-0.1, -0.05) is 12.7 Å². The van der Waals surface area contributed by atoms with E-state index in [1.165, 1.54) is 6.08 Å². The molecule has 11 heavy (non-hydrogen) atoms. The van der Waals surface area contributed by atoms with E-state index in [4.69, 9.17) is 5.26 Å². The minimum absolute atomic E-state index is 0.157. The fourth-order valence-electron chi connectivity index (χ4n) is 0.506. The second-order valence-corrected chi connectivity index (χ2v) is 2.21. The van der Waals surface area contributed by atoms with Crippen molar-refractivity contribution in [2.75, 3.05) is 6.61 Å². The van der Waals surface area contributed by atoms with Crippen molar-refractivity contribution in [3.05, 3.63) is 12.7 Å². The van der Waals surface area contributed by atoms with E-state index in [2.05, 4.69) is 11.3 Å². The molecule has 3 heteroatoms. The lowest BCUT2D eigenvalue weighted by Crippen LogP contribution is -2.08. The largest absolute Gasteiger partial charge is 0.461 e. The van der Waals surface area contributed by atoms with Crippen molar-refractivity contribution < 1.29 is 9.53 Å². The Kier molecular flexibility index (Phi) is 4.83. The summed E-state index contributed by atoms with van der Waals surface area (Å²) >= 11 is 0. The second kappa shape index (κ2) is 5.48. The topological polar surface area (TPSA) is 50.1 Å². The molecule has 60 valence electrons. The first-order valence-electron chi connectivity index (χ1n) is 3.36. The standard InChI is InChI=1S/C8H11NO2/c1-3-4-11-8(10)5-7(2)6-9/h3,7H,1,4-5H2,2H3. The monoisotopic (exact) mass is 153 g/mol. The van der Waals surface area contributed by atoms with Crippen LogP contribution in [0.2, 0.25) is 0 Å². The van der Waals surface area contributed by atoms with Crippen LogP contribution in [0.15, 0.2) is 12.7 Å². The lowest BCUT2D eigenvalue weighted by atomic mass is 10.1. The zero-order valence-corrected chi connectivity index (χ0v) is 6.54. The average Bonchev–Trinajstić information content (AvgIpc) is 2.00. The molecule has 0 N–H and O–H groups in total. The maximum atomic E-state index is 10.8. The summed E-state index contributed by atoms with van der Waals surface area (Å²) in [4.78, 5) is 10.8. The van der Waals surface area contributed by atoms with E-state index >= 15 is 0 Å². The van der Waals surface area contributed by atoms with Crippen LogP contribution in [0.4, 0.5) is 0 Å². The van der Waals surface area contributed by atoms with Crippen LogP contribution in [0.3, 0.4) is 0 Å². The third kappa shape index (κ3) is 5.16. The van der Waals surface area contributed by atoms with Crippen molar-refractivity contribution in [2.24, 2.45) is 5.92 Å². The van der Waals surface area contributed by atoms with Crippen LogP contribution >= 0.6 is 0 Å².